The topological polar surface area (TPSA) is 111 Å². The number of hydrazone groups is 1. The molecule has 9 nitrogen and oxygen atoms in total. The summed E-state index contributed by atoms with van der Waals surface area (Å²) in [5.74, 6) is 1.38. The van der Waals surface area contributed by atoms with Gasteiger partial charge in [-0.1, -0.05) is 18.2 Å². The Labute approximate surface area is 172 Å². The lowest BCUT2D eigenvalue weighted by atomic mass is 10.2. The molecular formula is C21H19N5O4. The molecule has 0 radical (unpaired) electrons. The molecule has 0 aliphatic heterocycles. The van der Waals surface area contributed by atoms with Gasteiger partial charge in [0.2, 0.25) is 5.84 Å². The molecule has 3 aromatic carbocycles. The Bertz CT molecular complexity index is 1070. The zero-order valence-corrected chi connectivity index (χ0v) is 16.4. The van der Waals surface area contributed by atoms with Crippen molar-refractivity contribution in [3.05, 3.63) is 88.5 Å². The first-order valence-electron chi connectivity index (χ1n) is 8.88. The molecular weight excluding hydrogens is 386 g/mol. The van der Waals surface area contributed by atoms with Crippen molar-refractivity contribution in [2.45, 2.75) is 0 Å². The van der Waals surface area contributed by atoms with Gasteiger partial charge in [0, 0.05) is 17.7 Å². The number of amidine groups is 1. The van der Waals surface area contributed by atoms with Gasteiger partial charge < -0.3 is 9.47 Å². The number of non-ortho nitro benzene ring substituents is 1. The number of nitro benzene ring substituents is 1. The predicted octanol–water partition coefficient (Wildman–Crippen LogP) is 5.17. The second-order valence-electron chi connectivity index (χ2n) is 5.96. The maximum absolute atomic E-state index is 10.8. The van der Waals surface area contributed by atoms with E-state index < -0.39 is 4.92 Å². The van der Waals surface area contributed by atoms with Gasteiger partial charge in [-0.3, -0.25) is 15.5 Å². The zero-order valence-electron chi connectivity index (χ0n) is 16.4. The average molecular weight is 405 g/mol. The molecule has 0 bridgehead atoms. The minimum absolute atomic E-state index is 0.0199. The van der Waals surface area contributed by atoms with Crippen LogP contribution in [0.15, 0.2) is 88.1 Å². The first kappa shape index (κ1) is 20.5. The van der Waals surface area contributed by atoms with Gasteiger partial charge in [-0.25, -0.2) is 0 Å². The molecule has 0 aliphatic rings. The number of hydrogen-bond donors (Lipinski definition) is 1. The summed E-state index contributed by atoms with van der Waals surface area (Å²) in [6.07, 6.45) is 0. The highest BCUT2D eigenvalue weighted by molar-refractivity contribution is 6.00. The van der Waals surface area contributed by atoms with Gasteiger partial charge in [-0.05, 0) is 42.5 Å². The number of ether oxygens (including phenoxy) is 2. The van der Waals surface area contributed by atoms with Crippen LogP contribution in [0.4, 0.5) is 17.1 Å². The standard InChI is InChI=1S/C21H19N5O4/c1-29-19-13-8-15(14-20(19)30-2)21(24-22-16-6-4-3-5-7-16)25-23-17-9-11-18(12-10-17)26(27)28/h3-14,22H,1-2H3. The lowest BCUT2D eigenvalue weighted by Crippen LogP contribution is -2.02. The van der Waals surface area contributed by atoms with Gasteiger partial charge in [0.05, 0.1) is 30.5 Å². The van der Waals surface area contributed by atoms with Crippen molar-refractivity contribution >= 4 is 22.9 Å². The molecule has 0 unspecified atom stereocenters. The van der Waals surface area contributed by atoms with E-state index in [1.807, 2.05) is 30.3 Å². The third kappa shape index (κ3) is 5.16. The SMILES string of the molecule is COc1ccc(C(N=Nc2ccc([N+](=O)[O-])cc2)=NNc2ccccc2)cc1OC. The largest absolute Gasteiger partial charge is 0.493 e. The fourth-order valence-corrected chi connectivity index (χ4v) is 2.50. The number of methoxy groups -OCH3 is 2. The summed E-state index contributed by atoms with van der Waals surface area (Å²) in [4.78, 5) is 10.3. The molecule has 0 saturated carbocycles. The van der Waals surface area contributed by atoms with E-state index >= 15 is 0 Å². The van der Waals surface area contributed by atoms with Crippen molar-refractivity contribution < 1.29 is 14.4 Å². The summed E-state index contributed by atoms with van der Waals surface area (Å²) in [6.45, 7) is 0. The van der Waals surface area contributed by atoms with Crippen LogP contribution < -0.4 is 14.9 Å². The molecule has 0 atom stereocenters. The normalized spacial score (nSPS) is 11.3. The molecule has 3 rings (SSSR count). The highest BCUT2D eigenvalue weighted by Crippen LogP contribution is 2.28. The number of azo groups is 1. The second kappa shape index (κ2) is 9.78. The number of anilines is 1. The Morgan fingerprint density at radius 1 is 0.933 bits per heavy atom. The third-order valence-corrected chi connectivity index (χ3v) is 4.03. The summed E-state index contributed by atoms with van der Waals surface area (Å²) >= 11 is 0. The fraction of sp³-hybridized carbons (Fsp3) is 0.0952. The lowest BCUT2D eigenvalue weighted by molar-refractivity contribution is -0.384. The summed E-state index contributed by atoms with van der Waals surface area (Å²) < 4.78 is 10.6. The van der Waals surface area contributed by atoms with Crippen LogP contribution in [0, 0.1) is 10.1 Å². The van der Waals surface area contributed by atoms with Crippen molar-refractivity contribution in [1.82, 2.24) is 0 Å². The first-order chi connectivity index (χ1) is 14.6. The van der Waals surface area contributed by atoms with Crippen LogP contribution in [0.2, 0.25) is 0 Å². The van der Waals surface area contributed by atoms with E-state index in [1.165, 1.54) is 24.3 Å². The molecule has 30 heavy (non-hydrogen) atoms. The molecule has 3 aromatic rings. The van der Waals surface area contributed by atoms with E-state index in [9.17, 15) is 10.1 Å². The smallest absolute Gasteiger partial charge is 0.269 e. The van der Waals surface area contributed by atoms with Gasteiger partial charge in [-0.2, -0.15) is 5.10 Å². The van der Waals surface area contributed by atoms with Crippen LogP contribution >= 0.6 is 0 Å². The van der Waals surface area contributed by atoms with E-state index in [2.05, 4.69) is 20.8 Å². The van der Waals surface area contributed by atoms with Crippen LogP contribution in [0.1, 0.15) is 5.56 Å². The lowest BCUT2D eigenvalue weighted by Gasteiger charge is -2.09. The molecule has 0 aromatic heterocycles. The minimum Gasteiger partial charge on any atom is -0.493 e. The highest BCUT2D eigenvalue weighted by atomic mass is 16.6. The third-order valence-electron chi connectivity index (χ3n) is 4.03. The number of nitro groups is 1. The summed E-state index contributed by atoms with van der Waals surface area (Å²) in [5.41, 5.74) is 4.79. The van der Waals surface area contributed by atoms with Crippen molar-refractivity contribution in [2.75, 3.05) is 19.6 Å². The summed E-state index contributed by atoms with van der Waals surface area (Å²) in [7, 11) is 3.09. The maximum Gasteiger partial charge on any atom is 0.269 e. The van der Waals surface area contributed by atoms with E-state index in [4.69, 9.17) is 9.47 Å². The van der Waals surface area contributed by atoms with Gasteiger partial charge in [0.15, 0.2) is 11.5 Å². The van der Waals surface area contributed by atoms with Gasteiger partial charge in [0.25, 0.3) is 5.69 Å². The Morgan fingerprint density at radius 3 is 2.27 bits per heavy atom. The van der Waals surface area contributed by atoms with Crippen molar-refractivity contribution in [3.63, 3.8) is 0 Å². The molecule has 0 aliphatic carbocycles. The molecule has 0 amide bonds. The van der Waals surface area contributed by atoms with E-state index in [-0.39, 0.29) is 11.5 Å². The molecule has 0 fully saturated rings. The number of hydrogen-bond acceptors (Lipinski definition) is 7. The second-order valence-corrected chi connectivity index (χ2v) is 5.96. The Kier molecular flexibility index (Phi) is 6.67. The molecule has 1 N–H and O–H groups in total. The van der Waals surface area contributed by atoms with E-state index in [1.54, 1.807) is 32.4 Å². The highest BCUT2D eigenvalue weighted by Gasteiger charge is 2.10. The van der Waals surface area contributed by atoms with Crippen LogP contribution in [0.5, 0.6) is 11.5 Å². The molecule has 152 valence electrons. The van der Waals surface area contributed by atoms with E-state index in [0.29, 0.717) is 22.7 Å². The van der Waals surface area contributed by atoms with Crippen molar-refractivity contribution in [1.29, 1.82) is 0 Å². The Balaban J connectivity index is 1.93. The minimum atomic E-state index is -0.471. The molecule has 0 heterocycles. The fourth-order valence-electron chi connectivity index (χ4n) is 2.50. The summed E-state index contributed by atoms with van der Waals surface area (Å²) in [5, 5.41) is 23.5. The number of rotatable bonds is 7. The van der Waals surface area contributed by atoms with Crippen LogP contribution in [0.25, 0.3) is 0 Å². The zero-order chi connectivity index (χ0) is 21.3. The number of para-hydroxylation sites is 1. The maximum atomic E-state index is 10.8. The van der Waals surface area contributed by atoms with Crippen LogP contribution in [-0.2, 0) is 0 Å². The molecule has 9 heteroatoms. The molecule has 0 spiro atoms. The number of benzene rings is 3. The van der Waals surface area contributed by atoms with Gasteiger partial charge >= 0.3 is 0 Å². The average Bonchev–Trinajstić information content (AvgIpc) is 2.79. The van der Waals surface area contributed by atoms with Crippen molar-refractivity contribution in [2.24, 2.45) is 15.3 Å². The molecule has 0 saturated heterocycles. The number of nitrogens with zero attached hydrogens (tertiary/aromatic N) is 4. The Morgan fingerprint density at radius 2 is 1.63 bits per heavy atom. The van der Waals surface area contributed by atoms with Crippen molar-refractivity contribution in [3.8, 4) is 11.5 Å². The quantitative estimate of drug-likeness (QED) is 0.192. The van der Waals surface area contributed by atoms with Gasteiger partial charge in [0.1, 0.15) is 0 Å². The van der Waals surface area contributed by atoms with Crippen LogP contribution in [-0.4, -0.2) is 25.0 Å². The van der Waals surface area contributed by atoms with Crippen LogP contribution in [0.3, 0.4) is 0 Å². The van der Waals surface area contributed by atoms with Gasteiger partial charge in [-0.15, -0.1) is 10.2 Å². The summed E-state index contributed by atoms with van der Waals surface area (Å²) in [6, 6.07) is 20.4. The monoisotopic (exact) mass is 405 g/mol. The predicted molar refractivity (Wildman–Crippen MR) is 114 cm³/mol. The Hall–Kier alpha value is -4.27. The first-order valence-corrected chi connectivity index (χ1v) is 8.88. The van der Waals surface area contributed by atoms with E-state index in [0.717, 1.165) is 5.69 Å². The number of nitrogens with one attached hydrogen (secondary N) is 1.